The van der Waals surface area contributed by atoms with E-state index in [0.717, 1.165) is 0 Å². The maximum absolute atomic E-state index is 13.2. The van der Waals surface area contributed by atoms with Gasteiger partial charge in [0.15, 0.2) is 0 Å². The lowest BCUT2D eigenvalue weighted by Gasteiger charge is -2.24. The van der Waals surface area contributed by atoms with Crippen molar-refractivity contribution < 1.29 is 29.0 Å². The lowest BCUT2D eigenvalue weighted by molar-refractivity contribution is -0.142. The Labute approximate surface area is 212 Å². The topological polar surface area (TPSA) is 106 Å². The third-order valence-corrected chi connectivity index (χ3v) is 6.02. The average Bonchev–Trinajstić information content (AvgIpc) is 3.15. The van der Waals surface area contributed by atoms with Gasteiger partial charge in [0.2, 0.25) is 0 Å². The van der Waals surface area contributed by atoms with E-state index >= 15 is 0 Å². The number of aliphatic hydroxyl groups is 1. The van der Waals surface area contributed by atoms with Crippen molar-refractivity contribution in [1.82, 2.24) is 4.98 Å². The molecule has 0 radical (unpaired) electrons. The molecule has 4 rings (SSSR count). The molecule has 1 amide bonds. The number of methoxy groups -OCH3 is 1. The highest BCUT2D eigenvalue weighted by atomic mass is 35.5. The monoisotopic (exact) mass is 506 g/mol. The smallest absolute Gasteiger partial charge is 0.310 e. The van der Waals surface area contributed by atoms with E-state index in [-0.39, 0.29) is 35.9 Å². The van der Waals surface area contributed by atoms with Crippen molar-refractivity contribution in [2.45, 2.75) is 19.4 Å². The fourth-order valence-electron chi connectivity index (χ4n) is 4.03. The Morgan fingerprint density at radius 2 is 1.86 bits per heavy atom. The average molecular weight is 507 g/mol. The SMILES string of the molecule is CCOC(=O)Cc1ccc(N2C(=O)C(=O)/C(=C(\O)c3ccc(Cl)c(OC)c3)C2c2ccccn2)cc1. The van der Waals surface area contributed by atoms with Gasteiger partial charge >= 0.3 is 5.97 Å². The second kappa shape index (κ2) is 10.6. The Balaban J connectivity index is 1.81. The Morgan fingerprint density at radius 1 is 1.11 bits per heavy atom. The molecule has 0 spiro atoms. The van der Waals surface area contributed by atoms with E-state index in [4.69, 9.17) is 21.1 Å². The first-order valence-electron chi connectivity index (χ1n) is 11.2. The number of carbonyl (C=O) groups excluding carboxylic acids is 3. The number of amides is 1. The molecule has 0 bridgehead atoms. The standard InChI is InChI=1S/C27H23ClN2O6/c1-3-36-22(31)14-16-7-10-18(11-8-16)30-24(20-6-4-5-13-29-20)23(26(33)27(30)34)25(32)17-9-12-19(28)21(15-17)35-2/h4-13,15,24,32H,3,14H2,1-2H3/b25-23-. The van der Waals surface area contributed by atoms with E-state index in [0.29, 0.717) is 27.7 Å². The Kier molecular flexibility index (Phi) is 7.36. The summed E-state index contributed by atoms with van der Waals surface area (Å²) in [6, 6.07) is 15.3. The number of Topliss-reactive ketones (excluding diaryl/α,β-unsaturated/α-hetero) is 1. The predicted octanol–water partition coefficient (Wildman–Crippen LogP) is 4.48. The molecule has 36 heavy (non-hydrogen) atoms. The van der Waals surface area contributed by atoms with E-state index in [1.807, 2.05) is 0 Å². The number of hydrogen-bond donors (Lipinski definition) is 1. The maximum Gasteiger partial charge on any atom is 0.310 e. The van der Waals surface area contributed by atoms with Crippen LogP contribution >= 0.6 is 11.6 Å². The molecule has 0 aliphatic carbocycles. The van der Waals surface area contributed by atoms with Gasteiger partial charge < -0.3 is 14.6 Å². The minimum Gasteiger partial charge on any atom is -0.507 e. The number of rotatable bonds is 7. The number of hydrogen-bond acceptors (Lipinski definition) is 7. The number of aliphatic hydroxyl groups excluding tert-OH is 1. The van der Waals surface area contributed by atoms with Crippen LogP contribution in [0.25, 0.3) is 5.76 Å². The number of aromatic nitrogens is 1. The van der Waals surface area contributed by atoms with Gasteiger partial charge in [0.25, 0.3) is 11.7 Å². The molecule has 1 unspecified atom stereocenters. The van der Waals surface area contributed by atoms with E-state index in [1.165, 1.54) is 30.2 Å². The number of esters is 1. The highest BCUT2D eigenvalue weighted by molar-refractivity contribution is 6.51. The quantitative estimate of drug-likeness (QED) is 0.218. The maximum atomic E-state index is 13.2. The van der Waals surface area contributed by atoms with Crippen molar-refractivity contribution in [2.24, 2.45) is 0 Å². The molecule has 9 heteroatoms. The van der Waals surface area contributed by atoms with Crippen LogP contribution in [0.4, 0.5) is 5.69 Å². The van der Waals surface area contributed by atoms with E-state index in [9.17, 15) is 19.5 Å². The highest BCUT2D eigenvalue weighted by Crippen LogP contribution is 2.42. The molecular weight excluding hydrogens is 484 g/mol. The normalized spacial score (nSPS) is 16.8. The zero-order valence-electron chi connectivity index (χ0n) is 19.6. The second-order valence-electron chi connectivity index (χ2n) is 7.92. The summed E-state index contributed by atoms with van der Waals surface area (Å²) >= 11 is 6.11. The molecule has 2 heterocycles. The second-order valence-corrected chi connectivity index (χ2v) is 8.33. The number of pyridine rings is 1. The lowest BCUT2D eigenvalue weighted by Crippen LogP contribution is -2.29. The van der Waals surface area contributed by atoms with E-state index < -0.39 is 17.7 Å². The van der Waals surface area contributed by atoms with Crippen molar-refractivity contribution >= 4 is 40.7 Å². The molecule has 3 aromatic rings. The predicted molar refractivity (Wildman–Crippen MR) is 134 cm³/mol. The van der Waals surface area contributed by atoms with E-state index in [2.05, 4.69) is 4.98 Å². The summed E-state index contributed by atoms with van der Waals surface area (Å²) in [5.74, 6) is -2.10. The molecule has 184 valence electrons. The molecule has 1 fully saturated rings. The molecule has 1 atom stereocenters. The number of halogens is 1. The van der Waals surface area contributed by atoms with Gasteiger partial charge in [0, 0.05) is 17.4 Å². The van der Waals surface area contributed by atoms with Crippen LogP contribution in [0.1, 0.15) is 29.8 Å². The van der Waals surface area contributed by atoms with Crippen LogP contribution in [0.15, 0.2) is 72.4 Å². The van der Waals surface area contributed by atoms with Crippen LogP contribution < -0.4 is 9.64 Å². The number of nitrogens with zero attached hydrogens (tertiary/aromatic N) is 2. The van der Waals surface area contributed by atoms with Crippen LogP contribution in [0.5, 0.6) is 5.75 Å². The van der Waals surface area contributed by atoms with Crippen LogP contribution in [-0.4, -0.2) is 41.5 Å². The molecule has 8 nitrogen and oxygen atoms in total. The minimum atomic E-state index is -0.983. The molecule has 1 N–H and O–H groups in total. The summed E-state index contributed by atoms with van der Waals surface area (Å²) in [5.41, 5.74) is 1.65. The number of ketones is 1. The molecule has 0 saturated carbocycles. The molecule has 2 aromatic carbocycles. The Hall–Kier alpha value is -4.17. The van der Waals surface area contributed by atoms with Crippen molar-refractivity contribution in [2.75, 3.05) is 18.6 Å². The van der Waals surface area contributed by atoms with Crippen LogP contribution in [0.2, 0.25) is 5.02 Å². The fraction of sp³-hybridized carbons (Fsp3) is 0.185. The summed E-state index contributed by atoms with van der Waals surface area (Å²) in [6.45, 7) is 2.01. The van der Waals surface area contributed by atoms with Crippen LogP contribution in [0, 0.1) is 0 Å². The molecular formula is C27H23ClN2O6. The van der Waals surface area contributed by atoms with Gasteiger partial charge in [-0.15, -0.1) is 0 Å². The van der Waals surface area contributed by atoms with Crippen molar-refractivity contribution in [3.05, 3.63) is 94.3 Å². The molecule has 1 aromatic heterocycles. The zero-order valence-corrected chi connectivity index (χ0v) is 20.4. The first-order chi connectivity index (χ1) is 17.3. The van der Waals surface area contributed by atoms with Gasteiger partial charge in [-0.05, 0) is 55.0 Å². The van der Waals surface area contributed by atoms with Crippen molar-refractivity contribution in [3.63, 3.8) is 0 Å². The first-order valence-corrected chi connectivity index (χ1v) is 11.5. The fourth-order valence-corrected chi connectivity index (χ4v) is 4.23. The third kappa shape index (κ3) is 4.81. The van der Waals surface area contributed by atoms with Crippen molar-refractivity contribution in [3.8, 4) is 5.75 Å². The lowest BCUT2D eigenvalue weighted by atomic mass is 9.98. The molecule has 1 saturated heterocycles. The number of carbonyl (C=O) groups is 3. The van der Waals surface area contributed by atoms with Gasteiger partial charge in [0.1, 0.15) is 17.6 Å². The van der Waals surface area contributed by atoms with E-state index in [1.54, 1.807) is 55.6 Å². The molecule has 1 aliphatic rings. The van der Waals surface area contributed by atoms with Crippen LogP contribution in [-0.2, 0) is 25.5 Å². The molecule has 1 aliphatic heterocycles. The summed E-state index contributed by atoms with van der Waals surface area (Å²) in [6.07, 6.45) is 1.62. The van der Waals surface area contributed by atoms with Crippen LogP contribution in [0.3, 0.4) is 0 Å². The Bertz CT molecular complexity index is 1340. The minimum absolute atomic E-state index is 0.0784. The zero-order chi connectivity index (χ0) is 25.8. The number of anilines is 1. The summed E-state index contributed by atoms with van der Waals surface area (Å²) in [7, 11) is 1.43. The third-order valence-electron chi connectivity index (χ3n) is 5.71. The number of ether oxygens (including phenoxy) is 2. The van der Waals surface area contributed by atoms with Gasteiger partial charge in [-0.3, -0.25) is 24.3 Å². The van der Waals surface area contributed by atoms with Gasteiger partial charge in [-0.1, -0.05) is 29.8 Å². The Morgan fingerprint density at radius 3 is 2.50 bits per heavy atom. The van der Waals surface area contributed by atoms with Gasteiger partial charge in [-0.2, -0.15) is 0 Å². The number of benzene rings is 2. The highest BCUT2D eigenvalue weighted by Gasteiger charge is 2.47. The largest absolute Gasteiger partial charge is 0.507 e. The van der Waals surface area contributed by atoms with Gasteiger partial charge in [-0.25, -0.2) is 0 Å². The summed E-state index contributed by atoms with van der Waals surface area (Å²) in [5, 5.41) is 11.5. The van der Waals surface area contributed by atoms with Gasteiger partial charge in [0.05, 0.1) is 36.4 Å². The summed E-state index contributed by atoms with van der Waals surface area (Å²) in [4.78, 5) is 43.9. The first kappa shape index (κ1) is 24.9. The van der Waals surface area contributed by atoms with Crippen molar-refractivity contribution in [1.29, 1.82) is 0 Å². The summed E-state index contributed by atoms with van der Waals surface area (Å²) < 4.78 is 10.2.